The molecule has 0 aliphatic carbocycles. The number of hydrogen-bond acceptors (Lipinski definition) is 10. The van der Waals surface area contributed by atoms with Gasteiger partial charge in [0, 0.05) is 24.3 Å². The number of halogens is 4. The minimum atomic E-state index is -1.29. The molecule has 8 rings (SSSR count). The average molecular weight is 782 g/mol. The summed E-state index contributed by atoms with van der Waals surface area (Å²) in [7, 11) is 0. The first-order valence-corrected chi connectivity index (χ1v) is 17.0. The van der Waals surface area contributed by atoms with Gasteiger partial charge in [-0.05, 0) is 47.5 Å². The Balaban J connectivity index is 1.33. The van der Waals surface area contributed by atoms with Crippen molar-refractivity contribution in [2.45, 2.75) is 24.2 Å². The first-order valence-electron chi connectivity index (χ1n) is 15.5. The molecule has 14 nitrogen and oxygen atoms in total. The Morgan fingerprint density at radius 2 is 0.808 bits per heavy atom. The summed E-state index contributed by atoms with van der Waals surface area (Å²) in [6, 6.07) is 14.5. The fourth-order valence-electron chi connectivity index (χ4n) is 7.84. The van der Waals surface area contributed by atoms with Crippen LogP contribution in [0.5, 0.6) is 0 Å². The Labute approximate surface area is 312 Å². The van der Waals surface area contributed by atoms with Gasteiger partial charge in [-0.15, -0.1) is 0 Å². The number of non-ortho nitro benzene ring substituents is 2. The SMILES string of the molecule is O=C1C2C(C(=O)N1c1ccc(Cl)c(Cl)c1)N1C(c3ccc([N+](=O)[O-])cc3)C3C(=O)N(c4ccc(Cl)c(Cl)c4)C(=O)C3N1C2c1ccc([N+](=O)[O-])cc1. The second-order valence-electron chi connectivity index (χ2n) is 12.5. The number of carbonyl (C=O) groups is 4. The van der Waals surface area contributed by atoms with Crippen LogP contribution < -0.4 is 9.80 Å². The molecule has 0 radical (unpaired) electrons. The van der Waals surface area contributed by atoms with E-state index in [0.717, 1.165) is 9.80 Å². The van der Waals surface area contributed by atoms with Crippen molar-refractivity contribution in [2.24, 2.45) is 11.8 Å². The van der Waals surface area contributed by atoms with Crippen molar-refractivity contribution in [2.75, 3.05) is 9.80 Å². The van der Waals surface area contributed by atoms with Crippen molar-refractivity contribution >= 4 is 92.8 Å². The third-order valence-electron chi connectivity index (χ3n) is 9.94. The fourth-order valence-corrected chi connectivity index (χ4v) is 8.43. The number of benzene rings is 4. The molecule has 4 amide bonds. The van der Waals surface area contributed by atoms with Crippen LogP contribution in [-0.4, -0.2) is 55.6 Å². The quantitative estimate of drug-likeness (QED) is 0.119. The number of anilines is 2. The van der Waals surface area contributed by atoms with Crippen LogP contribution in [0, 0.1) is 32.1 Å². The summed E-state index contributed by atoms with van der Waals surface area (Å²) in [5.74, 6) is -5.04. The number of hydrazine groups is 1. The van der Waals surface area contributed by atoms with Crippen molar-refractivity contribution in [3.63, 3.8) is 0 Å². The van der Waals surface area contributed by atoms with Gasteiger partial charge in [-0.25, -0.2) is 19.8 Å². The lowest BCUT2D eigenvalue weighted by Crippen LogP contribution is -2.50. The Bertz CT molecular complexity index is 2120. The smallest absolute Gasteiger partial charge is 0.269 e. The number of rotatable bonds is 6. The van der Waals surface area contributed by atoms with Crippen LogP contribution in [0.15, 0.2) is 84.9 Å². The van der Waals surface area contributed by atoms with Gasteiger partial charge in [0.1, 0.15) is 12.1 Å². The zero-order valence-electron chi connectivity index (χ0n) is 26.0. The van der Waals surface area contributed by atoms with E-state index in [0.29, 0.717) is 11.1 Å². The second kappa shape index (κ2) is 12.3. The summed E-state index contributed by atoms with van der Waals surface area (Å²) in [6.45, 7) is 0. The van der Waals surface area contributed by atoms with E-state index in [1.54, 1.807) is 10.0 Å². The molecule has 4 aliphatic rings. The summed E-state index contributed by atoms with van der Waals surface area (Å²) in [4.78, 5) is 82.2. The van der Waals surface area contributed by atoms with Gasteiger partial charge in [-0.1, -0.05) is 70.7 Å². The normalized spacial score (nSPS) is 25.5. The van der Waals surface area contributed by atoms with Crippen LogP contribution in [0.2, 0.25) is 20.1 Å². The van der Waals surface area contributed by atoms with Gasteiger partial charge in [0.25, 0.3) is 23.2 Å². The standard InChI is InChI=1S/C34H20Cl4N6O8/c35-21-11-9-19(13-23(21)37)39-31(45)25-27(15-1-5-17(6-2-15)43(49)50)41-30-26(32(46)40(34(30)48)20-10-12-22(36)24(38)14-20)28(42(41)29(25)33(39)47)16-3-7-18(8-4-16)44(51)52/h1-14,25-30H. The molecule has 0 spiro atoms. The fraction of sp³-hybridized carbons (Fsp3) is 0.176. The maximum Gasteiger partial charge on any atom is 0.269 e. The molecular weight excluding hydrogens is 762 g/mol. The van der Waals surface area contributed by atoms with E-state index in [-0.39, 0.29) is 42.8 Å². The van der Waals surface area contributed by atoms with Crippen LogP contribution >= 0.6 is 46.4 Å². The third kappa shape index (κ3) is 4.94. The maximum absolute atomic E-state index is 14.6. The average Bonchev–Trinajstić information content (AvgIpc) is 3.79. The third-order valence-corrected chi connectivity index (χ3v) is 11.4. The van der Waals surface area contributed by atoms with Crippen LogP contribution in [0.1, 0.15) is 23.2 Å². The topological polar surface area (TPSA) is 168 Å². The lowest BCUT2D eigenvalue weighted by Gasteiger charge is -2.35. The first kappa shape index (κ1) is 34.1. The van der Waals surface area contributed by atoms with Crippen molar-refractivity contribution in [1.29, 1.82) is 0 Å². The molecule has 262 valence electrons. The number of nitro benzene ring substituents is 2. The number of nitro groups is 2. The van der Waals surface area contributed by atoms with Gasteiger partial charge in [0.15, 0.2) is 0 Å². The van der Waals surface area contributed by atoms with E-state index in [2.05, 4.69) is 0 Å². The lowest BCUT2D eigenvalue weighted by atomic mass is 9.84. The van der Waals surface area contributed by atoms with Crippen LogP contribution in [0.4, 0.5) is 22.7 Å². The number of amides is 4. The molecule has 4 aliphatic heterocycles. The summed E-state index contributed by atoms with van der Waals surface area (Å²) >= 11 is 24.8. The van der Waals surface area contributed by atoms with Crippen LogP contribution in [-0.2, 0) is 19.2 Å². The van der Waals surface area contributed by atoms with Gasteiger partial charge in [0.2, 0.25) is 11.8 Å². The van der Waals surface area contributed by atoms with Gasteiger partial charge in [0.05, 0.1) is 65.2 Å². The van der Waals surface area contributed by atoms with E-state index >= 15 is 0 Å². The second-order valence-corrected chi connectivity index (χ2v) is 14.1. The lowest BCUT2D eigenvalue weighted by molar-refractivity contribution is -0.385. The summed E-state index contributed by atoms with van der Waals surface area (Å²) in [5, 5.41) is 26.8. The highest BCUT2D eigenvalue weighted by atomic mass is 35.5. The summed E-state index contributed by atoms with van der Waals surface area (Å²) in [6.07, 6.45) is 0. The monoisotopic (exact) mass is 780 g/mol. The molecule has 0 saturated carbocycles. The molecule has 52 heavy (non-hydrogen) atoms. The van der Waals surface area contributed by atoms with Gasteiger partial charge >= 0.3 is 0 Å². The number of fused-ring (bicyclic) bond motifs is 5. The number of hydrogen-bond donors (Lipinski definition) is 0. The van der Waals surface area contributed by atoms with E-state index in [1.165, 1.54) is 84.9 Å². The highest BCUT2D eigenvalue weighted by molar-refractivity contribution is 6.43. The maximum atomic E-state index is 14.6. The molecule has 4 heterocycles. The summed E-state index contributed by atoms with van der Waals surface area (Å²) < 4.78 is 0. The molecule has 0 N–H and O–H groups in total. The zero-order valence-corrected chi connectivity index (χ0v) is 29.0. The molecule has 4 saturated heterocycles. The van der Waals surface area contributed by atoms with Crippen LogP contribution in [0.25, 0.3) is 0 Å². The van der Waals surface area contributed by atoms with Crippen molar-refractivity contribution in [1.82, 2.24) is 10.0 Å². The molecule has 6 atom stereocenters. The van der Waals surface area contributed by atoms with Crippen molar-refractivity contribution in [3.8, 4) is 0 Å². The molecule has 4 aromatic rings. The van der Waals surface area contributed by atoms with Gasteiger partial charge in [-0.2, -0.15) is 0 Å². The highest BCUT2D eigenvalue weighted by Crippen LogP contribution is 2.60. The molecule has 4 fully saturated rings. The largest absolute Gasteiger partial charge is 0.274 e. The number of nitrogens with zero attached hydrogens (tertiary/aromatic N) is 6. The summed E-state index contributed by atoms with van der Waals surface area (Å²) in [5.41, 5.74) is 0.520. The Hall–Kier alpha value is -4.96. The predicted molar refractivity (Wildman–Crippen MR) is 188 cm³/mol. The Morgan fingerprint density at radius 3 is 1.12 bits per heavy atom. The molecule has 6 unspecified atom stereocenters. The number of carbonyl (C=O) groups excluding carboxylic acids is 4. The van der Waals surface area contributed by atoms with Gasteiger partial charge in [-0.3, -0.25) is 39.4 Å². The molecule has 0 aromatic heterocycles. The zero-order chi connectivity index (χ0) is 36.9. The van der Waals surface area contributed by atoms with Crippen LogP contribution in [0.3, 0.4) is 0 Å². The molecule has 18 heteroatoms. The van der Waals surface area contributed by atoms with E-state index in [9.17, 15) is 39.4 Å². The minimum Gasteiger partial charge on any atom is -0.274 e. The Kier molecular flexibility index (Phi) is 8.09. The minimum absolute atomic E-state index is 0.0865. The molecule has 0 bridgehead atoms. The Morgan fingerprint density at radius 1 is 0.462 bits per heavy atom. The number of imide groups is 2. The first-order chi connectivity index (χ1) is 24.8. The molecule has 4 aromatic carbocycles. The van der Waals surface area contributed by atoms with Crippen molar-refractivity contribution in [3.05, 3.63) is 136 Å². The van der Waals surface area contributed by atoms with E-state index < -0.39 is 69.5 Å². The van der Waals surface area contributed by atoms with E-state index in [4.69, 9.17) is 46.4 Å². The van der Waals surface area contributed by atoms with Crippen molar-refractivity contribution < 1.29 is 29.0 Å². The highest BCUT2D eigenvalue weighted by Gasteiger charge is 2.73. The van der Waals surface area contributed by atoms with Gasteiger partial charge < -0.3 is 0 Å². The van der Waals surface area contributed by atoms with E-state index in [1.807, 2.05) is 0 Å². The molecular formula is C34H20Cl4N6O8. The predicted octanol–water partition coefficient (Wildman–Crippen LogP) is 6.56.